The molecule has 0 fully saturated rings. The summed E-state index contributed by atoms with van der Waals surface area (Å²) in [7, 11) is 0. The van der Waals surface area contributed by atoms with Crippen LogP contribution in [0.5, 0.6) is 0 Å². The van der Waals surface area contributed by atoms with Gasteiger partial charge in [0.1, 0.15) is 0 Å². The Labute approximate surface area is 425 Å². The number of aryl methyl sites for hydroxylation is 2. The fourth-order valence-electron chi connectivity index (χ4n) is 14.3. The summed E-state index contributed by atoms with van der Waals surface area (Å²) >= 11 is 0. The van der Waals surface area contributed by atoms with Gasteiger partial charge in [0, 0.05) is 11.8 Å². The van der Waals surface area contributed by atoms with Crippen molar-refractivity contribution >= 4 is 54.6 Å². The van der Waals surface area contributed by atoms with Crippen molar-refractivity contribution in [2.45, 2.75) is 92.4 Å². The summed E-state index contributed by atoms with van der Waals surface area (Å²) in [6.07, 6.45) is 10.2. The van der Waals surface area contributed by atoms with Crippen molar-refractivity contribution in [3.63, 3.8) is 0 Å². The highest BCUT2D eigenvalue weighted by molar-refractivity contribution is 6.27. The normalized spacial score (nSPS) is 17.4. The largest absolute Gasteiger partial charge is 0.0620 e. The summed E-state index contributed by atoms with van der Waals surface area (Å²) in [5, 5.41) is 8.28. The van der Waals surface area contributed by atoms with E-state index in [2.05, 4.69) is 228 Å². The molecule has 0 heterocycles. The van der Waals surface area contributed by atoms with E-state index in [4.69, 9.17) is 0 Å². The molecule has 0 N–H and O–H groups in total. The summed E-state index contributed by atoms with van der Waals surface area (Å²) in [4.78, 5) is 0. The minimum atomic E-state index is -0.00283. The van der Waals surface area contributed by atoms with E-state index >= 15 is 0 Å². The summed E-state index contributed by atoms with van der Waals surface area (Å²) in [6.45, 7) is 25.8. The van der Waals surface area contributed by atoms with E-state index in [0.29, 0.717) is 0 Å². The molecule has 9 aromatic rings. The Morgan fingerprint density at radius 3 is 1.17 bits per heavy atom. The first kappa shape index (κ1) is 42.4. The maximum absolute atomic E-state index is 2.63. The van der Waals surface area contributed by atoms with Gasteiger partial charge in [0.25, 0.3) is 0 Å². The Bertz CT molecular complexity index is 4010. The van der Waals surface area contributed by atoms with Crippen LogP contribution in [0.15, 0.2) is 152 Å². The van der Waals surface area contributed by atoms with Crippen molar-refractivity contribution in [3.05, 3.63) is 202 Å². The molecule has 6 aliphatic rings. The van der Waals surface area contributed by atoms with Gasteiger partial charge >= 0.3 is 0 Å². The molecule has 348 valence electrons. The highest BCUT2D eigenvalue weighted by atomic mass is 14.5. The molecule has 0 amide bonds. The molecular weight excluding hydrogens is 865 g/mol. The maximum Gasteiger partial charge on any atom is 0.0212 e. The van der Waals surface area contributed by atoms with Gasteiger partial charge in [0.15, 0.2) is 0 Å². The Morgan fingerprint density at radius 2 is 0.681 bits per heavy atom. The zero-order chi connectivity index (χ0) is 49.2. The predicted molar refractivity (Wildman–Crippen MR) is 310 cm³/mol. The van der Waals surface area contributed by atoms with E-state index in [1.54, 1.807) is 0 Å². The Balaban J connectivity index is 1.05. The number of rotatable bonds is 2. The van der Waals surface area contributed by atoms with E-state index in [1.165, 1.54) is 171 Å². The first-order valence-electron chi connectivity index (χ1n) is 26.5. The van der Waals surface area contributed by atoms with Crippen LogP contribution in [0.2, 0.25) is 0 Å². The van der Waals surface area contributed by atoms with Crippen LogP contribution in [0.3, 0.4) is 0 Å². The molecule has 0 saturated carbocycles. The lowest BCUT2D eigenvalue weighted by molar-refractivity contribution is 0.589. The molecule has 15 rings (SSSR count). The Hall–Kier alpha value is -7.28. The minimum Gasteiger partial charge on any atom is -0.0620 e. The standard InChI is InChI=1S/C72H60/c1-37-16-12-14-18-43(37)62-59-35-55-56(58-34-42(72(9,10)11)31-39-30-41(71(6,7)8)33-57(55)61(39)58)36-60(59)63(44-19-15-13-17-38(44)2)69-53-29-27-50-48-24-25-51-54-32-40(70(3,4)5)20-21-45(54)46-22-23-47(65(48)64(46)51)49-26-28-52(68(62)69)67(53)66(49)50/h12-36,66-67H,1-11H3. The molecule has 6 aliphatic carbocycles. The molecule has 0 heteroatoms. The third-order valence-electron chi connectivity index (χ3n) is 18.0. The molecule has 0 aliphatic heterocycles. The molecule has 0 nitrogen and oxygen atoms in total. The van der Waals surface area contributed by atoms with E-state index < -0.39 is 0 Å². The van der Waals surface area contributed by atoms with Crippen molar-refractivity contribution in [2.75, 3.05) is 0 Å². The van der Waals surface area contributed by atoms with E-state index in [-0.39, 0.29) is 28.1 Å². The van der Waals surface area contributed by atoms with Gasteiger partial charge in [0.2, 0.25) is 0 Å². The first-order chi connectivity index (χ1) is 34.5. The van der Waals surface area contributed by atoms with Gasteiger partial charge in [-0.25, -0.2) is 0 Å². The average Bonchev–Trinajstić information content (AvgIpc) is 3.97. The molecular formula is C72H60. The molecule has 0 saturated heterocycles. The molecule has 0 spiro atoms. The summed E-state index contributed by atoms with van der Waals surface area (Å²) in [5.74, 6) is 0.394. The molecule has 9 aromatic carbocycles. The van der Waals surface area contributed by atoms with E-state index in [0.717, 1.165) is 0 Å². The molecule has 2 atom stereocenters. The second-order valence-electron chi connectivity index (χ2n) is 25.2. The third kappa shape index (κ3) is 5.43. The van der Waals surface area contributed by atoms with Crippen molar-refractivity contribution in [2.24, 2.45) is 11.8 Å². The van der Waals surface area contributed by atoms with E-state index in [9.17, 15) is 0 Å². The Kier molecular flexibility index (Phi) is 8.13. The van der Waals surface area contributed by atoms with Crippen molar-refractivity contribution < 1.29 is 0 Å². The Morgan fingerprint density at radius 1 is 0.292 bits per heavy atom. The second kappa shape index (κ2) is 13.8. The van der Waals surface area contributed by atoms with Crippen LogP contribution in [0.25, 0.3) is 121 Å². The highest BCUT2D eigenvalue weighted by Crippen LogP contribution is 2.67. The van der Waals surface area contributed by atoms with Crippen LogP contribution in [0.1, 0.15) is 112 Å². The maximum atomic E-state index is 2.63. The SMILES string of the molecule is Cc1ccccc1-c1c2c(c(-c3ccccc3C)c3cc4c(cc13)-c1cc(C(C)(C)C)cc3cc(C(C)(C)C)cc-4c13)C1=CC=C3c4ccc5c6c(ccc(c46)C4=CC=C2C1C43)-c1ccc(C(C)(C)C)cc1-5. The zero-order valence-electron chi connectivity index (χ0n) is 43.6. The lowest BCUT2D eigenvalue weighted by Gasteiger charge is -2.40. The van der Waals surface area contributed by atoms with Gasteiger partial charge in [-0.2, -0.15) is 0 Å². The quantitative estimate of drug-likeness (QED) is 0.162. The molecule has 0 bridgehead atoms. The van der Waals surface area contributed by atoms with Crippen molar-refractivity contribution in [1.29, 1.82) is 0 Å². The monoisotopic (exact) mass is 924 g/mol. The first-order valence-corrected chi connectivity index (χ1v) is 26.5. The average molecular weight is 925 g/mol. The van der Waals surface area contributed by atoms with Crippen LogP contribution in [-0.4, -0.2) is 0 Å². The molecule has 0 radical (unpaired) electrons. The fraction of sp³-hybridized carbons (Fsp3) is 0.222. The summed E-state index contributed by atoms with van der Waals surface area (Å²) in [6, 6.07) is 50.7. The zero-order valence-corrected chi connectivity index (χ0v) is 43.6. The van der Waals surface area contributed by atoms with Crippen LogP contribution >= 0.6 is 0 Å². The van der Waals surface area contributed by atoms with Gasteiger partial charge in [-0.3, -0.25) is 0 Å². The van der Waals surface area contributed by atoms with Crippen LogP contribution < -0.4 is 0 Å². The second-order valence-corrected chi connectivity index (χ2v) is 25.2. The summed E-state index contributed by atoms with van der Waals surface area (Å²) < 4.78 is 0. The molecule has 0 aromatic heterocycles. The topological polar surface area (TPSA) is 0 Å². The highest BCUT2D eigenvalue weighted by Gasteiger charge is 2.49. The molecule has 72 heavy (non-hydrogen) atoms. The fourth-order valence-corrected chi connectivity index (χ4v) is 14.3. The lowest BCUT2D eigenvalue weighted by atomic mass is 9.62. The lowest BCUT2D eigenvalue weighted by Crippen LogP contribution is -2.25. The van der Waals surface area contributed by atoms with Crippen LogP contribution in [0, 0.1) is 25.7 Å². The van der Waals surface area contributed by atoms with Gasteiger partial charge < -0.3 is 0 Å². The third-order valence-corrected chi connectivity index (χ3v) is 18.0. The van der Waals surface area contributed by atoms with Gasteiger partial charge in [0.05, 0.1) is 0 Å². The van der Waals surface area contributed by atoms with Crippen molar-refractivity contribution in [1.82, 2.24) is 0 Å². The number of hydrogen-bond acceptors (Lipinski definition) is 0. The van der Waals surface area contributed by atoms with Gasteiger partial charge in [-0.15, -0.1) is 0 Å². The number of fused-ring (bicyclic) bond motifs is 12. The number of benzene rings is 9. The van der Waals surface area contributed by atoms with Crippen molar-refractivity contribution in [3.8, 4) is 66.8 Å². The van der Waals surface area contributed by atoms with Crippen LogP contribution in [-0.2, 0) is 16.2 Å². The van der Waals surface area contributed by atoms with Crippen LogP contribution in [0.4, 0.5) is 0 Å². The minimum absolute atomic E-state index is 0.00283. The number of hydrogen-bond donors (Lipinski definition) is 0. The number of allylic oxidation sites excluding steroid dienone is 8. The predicted octanol–water partition coefficient (Wildman–Crippen LogP) is 19.8. The van der Waals surface area contributed by atoms with E-state index in [1.807, 2.05) is 0 Å². The molecule has 2 unspecified atom stereocenters. The smallest absolute Gasteiger partial charge is 0.0212 e. The van der Waals surface area contributed by atoms with Gasteiger partial charge in [-0.05, 0) is 232 Å². The summed E-state index contributed by atoms with van der Waals surface area (Å²) in [5.41, 5.74) is 34.7. The van der Waals surface area contributed by atoms with Gasteiger partial charge in [-0.1, -0.05) is 184 Å².